The van der Waals surface area contributed by atoms with Crippen molar-refractivity contribution in [3.63, 3.8) is 0 Å². The summed E-state index contributed by atoms with van der Waals surface area (Å²) in [5, 5.41) is 24.1. The predicted molar refractivity (Wildman–Crippen MR) is 134 cm³/mol. The lowest BCUT2D eigenvalue weighted by Crippen LogP contribution is -2.42. The van der Waals surface area contributed by atoms with Crippen molar-refractivity contribution in [2.75, 3.05) is 33.4 Å². The number of hydrogen-bond donors (Lipinski definition) is 2. The number of aliphatic hydroxyl groups is 2. The van der Waals surface area contributed by atoms with Crippen LogP contribution in [0.3, 0.4) is 0 Å². The third-order valence-corrected chi connectivity index (χ3v) is 7.70. The fourth-order valence-electron chi connectivity index (χ4n) is 4.71. The van der Waals surface area contributed by atoms with Gasteiger partial charge in [-0.25, -0.2) is 4.39 Å². The molecule has 1 aliphatic rings. The van der Waals surface area contributed by atoms with Crippen LogP contribution in [0.25, 0.3) is 10.9 Å². The summed E-state index contributed by atoms with van der Waals surface area (Å²) in [5.74, 6) is 7.08. The summed E-state index contributed by atoms with van der Waals surface area (Å²) in [6, 6.07) is 9.45. The van der Waals surface area contributed by atoms with Gasteiger partial charge in [-0.3, -0.25) is 9.88 Å². The Morgan fingerprint density at radius 1 is 1.29 bits per heavy atom. The first-order valence-corrected chi connectivity index (χ1v) is 12.5. The van der Waals surface area contributed by atoms with Gasteiger partial charge in [-0.2, -0.15) is 0 Å². The van der Waals surface area contributed by atoms with Crippen LogP contribution in [0, 0.1) is 17.3 Å². The molecule has 34 heavy (non-hydrogen) atoms. The van der Waals surface area contributed by atoms with Gasteiger partial charge in [0.15, 0.2) is 0 Å². The van der Waals surface area contributed by atoms with Gasteiger partial charge in [-0.1, -0.05) is 17.9 Å². The van der Waals surface area contributed by atoms with E-state index in [0.29, 0.717) is 47.2 Å². The Morgan fingerprint density at radius 2 is 2.12 bits per heavy atom. The molecule has 1 aromatic carbocycles. The van der Waals surface area contributed by atoms with Crippen LogP contribution in [0.5, 0.6) is 5.75 Å². The molecular formula is C27H31FN2O3S. The lowest BCUT2D eigenvalue weighted by Gasteiger charge is -2.40. The molecule has 2 N–H and O–H groups in total. The Morgan fingerprint density at radius 3 is 2.79 bits per heavy atom. The van der Waals surface area contributed by atoms with E-state index in [0.717, 1.165) is 30.8 Å². The van der Waals surface area contributed by atoms with Crippen molar-refractivity contribution < 1.29 is 19.3 Å². The van der Waals surface area contributed by atoms with Crippen LogP contribution < -0.4 is 4.74 Å². The van der Waals surface area contributed by atoms with E-state index in [9.17, 15) is 14.6 Å². The highest BCUT2D eigenvalue weighted by molar-refractivity contribution is 7.10. The van der Waals surface area contributed by atoms with Crippen LogP contribution in [-0.4, -0.2) is 53.4 Å². The fourth-order valence-corrected chi connectivity index (χ4v) is 5.30. The molecule has 3 aromatic rings. The number of ether oxygens (including phenoxy) is 1. The van der Waals surface area contributed by atoms with Crippen LogP contribution in [-0.2, 0) is 6.67 Å². The molecule has 7 heteroatoms. The second kappa shape index (κ2) is 11.3. The van der Waals surface area contributed by atoms with E-state index in [-0.39, 0.29) is 12.0 Å². The summed E-state index contributed by atoms with van der Waals surface area (Å²) in [7, 11) is 1.58. The maximum absolute atomic E-state index is 13.8. The third-order valence-electron chi connectivity index (χ3n) is 6.91. The number of halogens is 1. The van der Waals surface area contributed by atoms with E-state index >= 15 is 0 Å². The first kappa shape index (κ1) is 24.6. The summed E-state index contributed by atoms with van der Waals surface area (Å²) in [4.78, 5) is 7.72. The Hall–Kier alpha value is -2.50. The fraction of sp³-hybridized carbons (Fsp3) is 0.444. The lowest BCUT2D eigenvalue weighted by atomic mass is 9.74. The third kappa shape index (κ3) is 5.59. The topological polar surface area (TPSA) is 65.8 Å². The summed E-state index contributed by atoms with van der Waals surface area (Å²) in [6.07, 6.45) is 3.46. The van der Waals surface area contributed by atoms with Crippen molar-refractivity contribution in [2.45, 2.75) is 38.5 Å². The van der Waals surface area contributed by atoms with E-state index in [1.54, 1.807) is 30.6 Å². The van der Waals surface area contributed by atoms with Crippen molar-refractivity contribution in [3.05, 3.63) is 57.9 Å². The number of benzene rings is 1. The molecule has 5 nitrogen and oxygen atoms in total. The smallest absolute Gasteiger partial charge is 0.119 e. The Kier molecular flexibility index (Phi) is 8.17. The molecule has 1 fully saturated rings. The molecule has 180 valence electrons. The summed E-state index contributed by atoms with van der Waals surface area (Å²) < 4.78 is 19.1. The van der Waals surface area contributed by atoms with Crippen molar-refractivity contribution >= 4 is 22.2 Å². The largest absolute Gasteiger partial charge is 0.497 e. The van der Waals surface area contributed by atoms with Crippen molar-refractivity contribution in [2.24, 2.45) is 5.41 Å². The molecule has 3 heterocycles. The van der Waals surface area contributed by atoms with Crippen LogP contribution in [0.4, 0.5) is 4.39 Å². The van der Waals surface area contributed by atoms with Gasteiger partial charge in [0.2, 0.25) is 0 Å². The van der Waals surface area contributed by atoms with Crippen LogP contribution in [0.1, 0.15) is 47.8 Å². The highest BCUT2D eigenvalue weighted by Crippen LogP contribution is 2.39. The zero-order valence-corrected chi connectivity index (χ0v) is 20.3. The number of hydrogen-bond acceptors (Lipinski definition) is 6. The molecule has 1 atom stereocenters. The lowest BCUT2D eigenvalue weighted by molar-refractivity contribution is 0.0272. The molecule has 0 saturated carbocycles. The predicted octanol–water partition coefficient (Wildman–Crippen LogP) is 4.71. The molecule has 1 saturated heterocycles. The normalized spacial score (nSPS) is 16.7. The molecule has 0 amide bonds. The molecule has 1 unspecified atom stereocenters. The maximum Gasteiger partial charge on any atom is 0.119 e. The summed E-state index contributed by atoms with van der Waals surface area (Å²) >= 11 is 1.64. The van der Waals surface area contributed by atoms with Gasteiger partial charge >= 0.3 is 0 Å². The number of thiophene rings is 1. The minimum atomic E-state index is -0.846. The van der Waals surface area contributed by atoms with Crippen LogP contribution in [0.15, 0.2) is 41.9 Å². The van der Waals surface area contributed by atoms with Crippen molar-refractivity contribution in [1.29, 1.82) is 0 Å². The van der Waals surface area contributed by atoms with Crippen molar-refractivity contribution in [3.8, 4) is 17.6 Å². The maximum atomic E-state index is 13.8. The highest BCUT2D eigenvalue weighted by atomic mass is 32.1. The van der Waals surface area contributed by atoms with Gasteiger partial charge in [-0.05, 0) is 79.4 Å². The second-order valence-electron chi connectivity index (χ2n) is 8.98. The van der Waals surface area contributed by atoms with Crippen molar-refractivity contribution in [1.82, 2.24) is 9.88 Å². The minimum absolute atomic E-state index is 0.0787. The van der Waals surface area contributed by atoms with E-state index in [1.165, 1.54) is 6.20 Å². The number of pyridine rings is 1. The number of likely N-dealkylation sites (tertiary alicyclic amines) is 1. The quantitative estimate of drug-likeness (QED) is 0.455. The average Bonchev–Trinajstić information content (AvgIpc) is 3.40. The van der Waals surface area contributed by atoms with E-state index in [4.69, 9.17) is 4.74 Å². The molecule has 1 aliphatic heterocycles. The van der Waals surface area contributed by atoms with Crippen LogP contribution in [0.2, 0.25) is 0 Å². The molecule has 0 radical (unpaired) electrons. The minimum Gasteiger partial charge on any atom is -0.497 e. The number of piperidine rings is 1. The number of aromatic nitrogens is 1. The Bertz CT molecular complexity index is 1140. The van der Waals surface area contributed by atoms with Gasteiger partial charge in [-0.15, -0.1) is 11.3 Å². The number of methoxy groups -OCH3 is 1. The highest BCUT2D eigenvalue weighted by Gasteiger charge is 2.34. The van der Waals surface area contributed by atoms with E-state index < -0.39 is 12.8 Å². The Balaban J connectivity index is 1.42. The molecule has 0 bridgehead atoms. The van der Waals surface area contributed by atoms with Gasteiger partial charge < -0.3 is 14.9 Å². The standard InChI is InChI=1S/C27H31FN2O3S/c1-33-21-6-7-24-23(16-21)26(20(17-28)18-29-24)25(32)8-9-27(19-31)10-13-30(14-11-27)12-2-4-22-5-3-15-34-22/h3,5-7,15-16,18,25,31-32H,8-14,17,19H2,1H3. The van der Waals surface area contributed by atoms with E-state index in [1.807, 2.05) is 23.6 Å². The van der Waals surface area contributed by atoms with Crippen LogP contribution >= 0.6 is 11.3 Å². The number of nitrogens with zero attached hydrogens (tertiary/aromatic N) is 2. The molecule has 0 aliphatic carbocycles. The molecule has 4 rings (SSSR count). The number of fused-ring (bicyclic) bond motifs is 1. The molecule has 0 spiro atoms. The summed E-state index contributed by atoms with van der Waals surface area (Å²) in [5.41, 5.74) is 1.42. The number of alkyl halides is 1. The van der Waals surface area contributed by atoms with E-state index in [2.05, 4.69) is 21.7 Å². The zero-order chi connectivity index (χ0) is 24.0. The number of rotatable bonds is 8. The van der Waals surface area contributed by atoms with Gasteiger partial charge in [0.05, 0.1) is 30.2 Å². The SMILES string of the molecule is COc1ccc2ncc(CF)c(C(O)CCC3(CO)CCN(CC#Cc4cccs4)CC3)c2c1. The average molecular weight is 483 g/mol. The second-order valence-corrected chi connectivity index (χ2v) is 9.93. The first-order chi connectivity index (χ1) is 16.6. The monoisotopic (exact) mass is 482 g/mol. The van der Waals surface area contributed by atoms with Gasteiger partial charge in [0, 0.05) is 23.8 Å². The molecular weight excluding hydrogens is 451 g/mol. The zero-order valence-electron chi connectivity index (χ0n) is 19.5. The van der Waals surface area contributed by atoms with Gasteiger partial charge in [0.1, 0.15) is 12.4 Å². The summed E-state index contributed by atoms with van der Waals surface area (Å²) in [6.45, 7) is 1.82. The molecule has 2 aromatic heterocycles. The van der Waals surface area contributed by atoms with Gasteiger partial charge in [0.25, 0.3) is 0 Å². The first-order valence-electron chi connectivity index (χ1n) is 11.6. The number of aliphatic hydroxyl groups excluding tert-OH is 2. The Labute approximate surface area is 204 Å².